The van der Waals surface area contributed by atoms with Gasteiger partial charge in [-0.15, -0.1) is 0 Å². The van der Waals surface area contributed by atoms with Gasteiger partial charge in [0.15, 0.2) is 0 Å². The van der Waals surface area contributed by atoms with Gasteiger partial charge in [-0.1, -0.05) is 78.0 Å². The van der Waals surface area contributed by atoms with Crippen LogP contribution in [0.4, 0.5) is 4.79 Å². The monoisotopic (exact) mass is 477 g/mol. The maximum atomic E-state index is 12.7. The Bertz CT molecular complexity index is 808. The third-order valence-corrected chi connectivity index (χ3v) is 6.41. The van der Waals surface area contributed by atoms with Gasteiger partial charge >= 0.3 is 12.1 Å². The van der Waals surface area contributed by atoms with E-state index in [1.54, 1.807) is 0 Å². The van der Waals surface area contributed by atoms with Gasteiger partial charge in [-0.05, 0) is 29.3 Å². The highest BCUT2D eigenvalue weighted by atomic mass is 79.9. The lowest BCUT2D eigenvalue weighted by atomic mass is 10.1. The van der Waals surface area contributed by atoms with Gasteiger partial charge in [0.2, 0.25) is 0 Å². The Labute approximate surface area is 181 Å². The van der Waals surface area contributed by atoms with Crippen molar-refractivity contribution in [3.05, 3.63) is 70.2 Å². The van der Waals surface area contributed by atoms with Gasteiger partial charge in [0.25, 0.3) is 0 Å². The Balaban J connectivity index is 1.99. The fourth-order valence-corrected chi connectivity index (χ4v) is 3.72. The first kappa shape index (κ1) is 23.2. The Morgan fingerprint density at radius 1 is 1.00 bits per heavy atom. The summed E-state index contributed by atoms with van der Waals surface area (Å²) in [5.74, 6) is -0.490. The van der Waals surface area contributed by atoms with Crippen molar-refractivity contribution in [2.75, 3.05) is 6.61 Å². The first-order valence-electron chi connectivity index (χ1n) is 9.61. The van der Waals surface area contributed by atoms with Crippen molar-refractivity contribution in [2.45, 2.75) is 44.8 Å². The van der Waals surface area contributed by atoms with Crippen molar-refractivity contribution < 1.29 is 19.1 Å². The maximum absolute atomic E-state index is 12.7. The molecule has 2 rings (SSSR count). The minimum absolute atomic E-state index is 0.154. The molecule has 0 heterocycles. The Morgan fingerprint density at radius 2 is 1.69 bits per heavy atom. The number of hydrogen-bond acceptors (Lipinski definition) is 4. The molecule has 2 aromatic carbocycles. The van der Waals surface area contributed by atoms with Gasteiger partial charge in [0.05, 0.1) is 6.61 Å². The van der Waals surface area contributed by atoms with Crippen LogP contribution in [-0.2, 0) is 27.3 Å². The summed E-state index contributed by atoms with van der Waals surface area (Å²) in [4.78, 5) is 24.9. The maximum Gasteiger partial charge on any atom is 0.407 e. The van der Waals surface area contributed by atoms with E-state index in [9.17, 15) is 9.59 Å². The highest BCUT2D eigenvalue weighted by molar-refractivity contribution is 9.10. The average molecular weight is 478 g/mol. The summed E-state index contributed by atoms with van der Waals surface area (Å²) in [7, 11) is -1.31. The molecule has 0 aromatic heterocycles. The molecule has 1 amide bonds. The van der Waals surface area contributed by atoms with Crippen molar-refractivity contribution in [3.63, 3.8) is 0 Å². The molecule has 29 heavy (non-hydrogen) atoms. The van der Waals surface area contributed by atoms with Crippen LogP contribution in [-0.4, -0.2) is 32.8 Å². The zero-order valence-electron chi connectivity index (χ0n) is 17.1. The van der Waals surface area contributed by atoms with Crippen LogP contribution in [0.15, 0.2) is 59.1 Å². The summed E-state index contributed by atoms with van der Waals surface area (Å²) in [6, 6.07) is 17.1. The Morgan fingerprint density at radius 3 is 2.34 bits per heavy atom. The number of benzene rings is 2. The topological polar surface area (TPSA) is 64.6 Å². The van der Waals surface area contributed by atoms with Gasteiger partial charge in [-0.2, -0.15) is 0 Å². The number of esters is 1. The quantitative estimate of drug-likeness (QED) is 0.399. The van der Waals surface area contributed by atoms with E-state index < -0.39 is 26.2 Å². The van der Waals surface area contributed by atoms with Crippen molar-refractivity contribution in [1.29, 1.82) is 0 Å². The summed E-state index contributed by atoms with van der Waals surface area (Å²) in [6.07, 6.45) is -0.282. The molecular weight excluding hydrogens is 450 g/mol. The Kier molecular flexibility index (Phi) is 8.91. The highest BCUT2D eigenvalue weighted by Crippen LogP contribution is 2.14. The molecule has 0 aliphatic heterocycles. The first-order valence-corrected chi connectivity index (χ1v) is 14.1. The third kappa shape index (κ3) is 9.28. The van der Waals surface area contributed by atoms with E-state index in [0.29, 0.717) is 13.0 Å². The van der Waals surface area contributed by atoms with E-state index >= 15 is 0 Å². The molecular formula is C22H28BrNO4Si. The lowest BCUT2D eigenvalue weighted by molar-refractivity contribution is -0.147. The number of carbonyl (C=O) groups is 2. The molecule has 0 aliphatic carbocycles. The van der Waals surface area contributed by atoms with Crippen molar-refractivity contribution in [1.82, 2.24) is 5.32 Å². The Hall–Kier alpha value is -2.12. The number of alkyl carbamates (subject to hydrolysis) is 1. The van der Waals surface area contributed by atoms with E-state index in [-0.39, 0.29) is 6.61 Å². The molecule has 1 unspecified atom stereocenters. The van der Waals surface area contributed by atoms with Gasteiger partial charge in [-0.3, -0.25) is 0 Å². The molecule has 0 fully saturated rings. The molecule has 0 saturated carbocycles. The van der Waals surface area contributed by atoms with E-state index in [1.165, 1.54) is 0 Å². The van der Waals surface area contributed by atoms with Crippen LogP contribution in [0.2, 0.25) is 25.7 Å². The number of ether oxygens (including phenoxy) is 2. The molecule has 2 aromatic rings. The minimum Gasteiger partial charge on any atom is -0.459 e. The third-order valence-electron chi connectivity index (χ3n) is 4.21. The summed E-state index contributed by atoms with van der Waals surface area (Å²) in [5.41, 5.74) is 1.79. The second-order valence-corrected chi connectivity index (χ2v) is 14.6. The molecule has 0 bridgehead atoms. The number of carbonyl (C=O) groups excluding carboxylic acids is 2. The minimum atomic E-state index is -1.31. The number of nitrogens with one attached hydrogen (secondary N) is 1. The fraction of sp³-hybridized carbons (Fsp3) is 0.364. The fourth-order valence-electron chi connectivity index (χ4n) is 2.56. The predicted octanol–water partition coefficient (Wildman–Crippen LogP) is 5.17. The average Bonchev–Trinajstić information content (AvgIpc) is 2.65. The molecule has 7 heteroatoms. The molecule has 0 saturated heterocycles. The van der Waals surface area contributed by atoms with Crippen molar-refractivity contribution in [3.8, 4) is 0 Å². The van der Waals surface area contributed by atoms with Crippen LogP contribution < -0.4 is 5.32 Å². The molecule has 0 aliphatic rings. The van der Waals surface area contributed by atoms with Crippen molar-refractivity contribution >= 4 is 36.1 Å². The van der Waals surface area contributed by atoms with Gasteiger partial charge < -0.3 is 14.8 Å². The van der Waals surface area contributed by atoms with Gasteiger partial charge in [-0.25, -0.2) is 9.59 Å². The van der Waals surface area contributed by atoms with E-state index in [4.69, 9.17) is 9.47 Å². The molecule has 156 valence electrons. The van der Waals surface area contributed by atoms with E-state index in [0.717, 1.165) is 21.6 Å². The molecule has 1 atom stereocenters. The van der Waals surface area contributed by atoms with Gasteiger partial charge in [0, 0.05) is 19.0 Å². The number of amides is 1. The summed E-state index contributed by atoms with van der Waals surface area (Å²) in [6.45, 7) is 7.15. The van der Waals surface area contributed by atoms with Gasteiger partial charge in [0.1, 0.15) is 12.6 Å². The lowest BCUT2D eigenvalue weighted by Crippen LogP contribution is -2.43. The lowest BCUT2D eigenvalue weighted by Gasteiger charge is -2.19. The second kappa shape index (κ2) is 11.2. The van der Waals surface area contributed by atoms with Crippen LogP contribution in [0.1, 0.15) is 11.1 Å². The molecule has 0 radical (unpaired) electrons. The molecule has 1 N–H and O–H groups in total. The first-order chi connectivity index (χ1) is 13.7. The number of hydrogen-bond donors (Lipinski definition) is 1. The summed E-state index contributed by atoms with van der Waals surface area (Å²) < 4.78 is 11.6. The zero-order valence-corrected chi connectivity index (χ0v) is 19.7. The second-order valence-electron chi connectivity index (χ2n) is 8.07. The smallest absolute Gasteiger partial charge is 0.407 e. The number of rotatable bonds is 9. The summed E-state index contributed by atoms with van der Waals surface area (Å²) in [5, 5.41) is 2.67. The predicted molar refractivity (Wildman–Crippen MR) is 121 cm³/mol. The van der Waals surface area contributed by atoms with E-state index in [2.05, 4.69) is 40.9 Å². The summed E-state index contributed by atoms with van der Waals surface area (Å²) >= 11 is 3.43. The van der Waals surface area contributed by atoms with Crippen LogP contribution in [0.25, 0.3) is 0 Å². The zero-order chi connectivity index (χ0) is 21.3. The van der Waals surface area contributed by atoms with Crippen molar-refractivity contribution in [2.24, 2.45) is 0 Å². The highest BCUT2D eigenvalue weighted by Gasteiger charge is 2.24. The molecule has 5 nitrogen and oxygen atoms in total. The van der Waals surface area contributed by atoms with Crippen LogP contribution in [0, 0.1) is 0 Å². The largest absolute Gasteiger partial charge is 0.459 e. The van der Waals surface area contributed by atoms with E-state index in [1.807, 2.05) is 54.6 Å². The molecule has 0 spiro atoms. The SMILES string of the molecule is C[Si](C)(C)CCOC(=O)NC(Cc1cccc(Br)c1)C(=O)OCc1ccccc1. The van der Waals surface area contributed by atoms with Crippen LogP contribution in [0.5, 0.6) is 0 Å². The number of halogens is 1. The van der Waals surface area contributed by atoms with Crippen LogP contribution in [0.3, 0.4) is 0 Å². The van der Waals surface area contributed by atoms with Crippen LogP contribution >= 0.6 is 15.9 Å². The normalized spacial score (nSPS) is 12.1. The standard InChI is InChI=1S/C22H28BrNO4Si/c1-29(2,3)13-12-27-22(26)24-20(15-18-10-7-11-19(23)14-18)21(25)28-16-17-8-5-4-6-9-17/h4-11,14,20H,12-13,15-16H2,1-3H3,(H,24,26).